The van der Waals surface area contributed by atoms with Crippen LogP contribution in [0.5, 0.6) is 40.2 Å². The summed E-state index contributed by atoms with van der Waals surface area (Å²) in [6.45, 7) is 0. The Bertz CT molecular complexity index is 995. The Morgan fingerprint density at radius 1 is 0.667 bits per heavy atom. The van der Waals surface area contributed by atoms with Crippen LogP contribution < -0.4 is 5.43 Å². The average Bonchev–Trinajstić information content (AvgIpc) is 2.86. The van der Waals surface area contributed by atoms with Gasteiger partial charge in [-0.1, -0.05) is 25.6 Å². The molecule has 164 valence electrons. The number of phenols is 6. The minimum absolute atomic E-state index is 0. The molecule has 0 bridgehead atoms. The van der Waals surface area contributed by atoms with E-state index in [-0.39, 0.29) is 35.2 Å². The standard InChI is InChI=1S/C11H8O5.C6H6O3.CH4.BH.H2O2.H2O/c12-6-3-1-2-5-4-7(13)10(15)11(16)8(5)9(6)14;7-4-2-1-3-5(8)6(4)9;;;1-2;/h1-4,13,15-16H,(H,12,14);1-3,7-9H;1H4;1H;1-2H;1H2/i;;;1T;;. The van der Waals surface area contributed by atoms with Gasteiger partial charge in [0.15, 0.2) is 34.5 Å². The average molecular weight is 428 g/mol. The summed E-state index contributed by atoms with van der Waals surface area (Å²) in [6, 6.07) is 9.07. The summed E-state index contributed by atoms with van der Waals surface area (Å²) in [5, 5.41) is 75.8. The second-order valence-electron chi connectivity index (χ2n) is 4.94. The van der Waals surface area contributed by atoms with Crippen molar-refractivity contribution in [3.63, 3.8) is 0 Å². The van der Waals surface area contributed by atoms with Gasteiger partial charge in [0, 0.05) is 8.38 Å². The van der Waals surface area contributed by atoms with Crippen molar-refractivity contribution in [1.82, 2.24) is 0 Å². The number of aromatic hydroxyl groups is 7. The molecule has 3 aromatic carbocycles. The molecule has 3 aromatic rings. The van der Waals surface area contributed by atoms with Crippen LogP contribution in [0, 0.1) is 0 Å². The molecule has 0 aliphatic carbocycles. The highest BCUT2D eigenvalue weighted by atomic mass is 17.0. The maximum absolute atomic E-state index is 11.3. The van der Waals surface area contributed by atoms with Gasteiger partial charge in [0.25, 0.3) is 0 Å². The van der Waals surface area contributed by atoms with E-state index < -0.39 is 34.2 Å². The molecule has 0 spiro atoms. The van der Waals surface area contributed by atoms with Crippen molar-refractivity contribution >= 4 is 19.1 Å². The van der Waals surface area contributed by atoms with Gasteiger partial charge in [-0.15, -0.1) is 0 Å². The summed E-state index contributed by atoms with van der Waals surface area (Å²) in [5.74, 6) is -3.78. The number of phenolic OH excluding ortho intramolecular Hbond substituents is 6. The first kappa shape index (κ1) is 28.3. The van der Waals surface area contributed by atoms with Gasteiger partial charge in [-0.3, -0.25) is 15.3 Å². The monoisotopic (exact) mass is 428 g/mol. The summed E-state index contributed by atoms with van der Waals surface area (Å²) >= 11 is 0. The van der Waals surface area contributed by atoms with Crippen LogP contribution in [0.4, 0.5) is 0 Å². The predicted octanol–water partition coefficient (Wildman–Crippen LogP) is 1.01. The minimum Gasteiger partial charge on any atom is -0.504 e. The molecule has 0 aliphatic heterocycles. The first-order valence-corrected chi connectivity index (χ1v) is 7.03. The molecule has 0 aromatic heterocycles. The Hall–Kier alpha value is -3.87. The molecule has 0 aliphatic rings. The van der Waals surface area contributed by atoms with Gasteiger partial charge >= 0.3 is 0 Å². The quantitative estimate of drug-likeness (QED) is 0.107. The molecule has 30 heavy (non-hydrogen) atoms. The molecule has 2 radical (unpaired) electrons. The van der Waals surface area contributed by atoms with E-state index in [0.717, 1.165) is 12.1 Å². The highest BCUT2D eigenvalue weighted by molar-refractivity contribution is 5.96. The largest absolute Gasteiger partial charge is 0.504 e. The topological polar surface area (TPSA) is 231 Å². The van der Waals surface area contributed by atoms with Crippen LogP contribution in [-0.2, 0) is 0 Å². The van der Waals surface area contributed by atoms with Crippen LogP contribution in [0.1, 0.15) is 7.43 Å². The lowest BCUT2D eigenvalue weighted by atomic mass is 10.1. The third-order valence-corrected chi connectivity index (χ3v) is 3.27. The van der Waals surface area contributed by atoms with E-state index in [2.05, 4.69) is 8.38 Å². The van der Waals surface area contributed by atoms with Crippen molar-refractivity contribution in [1.29, 1.82) is 1.34 Å². The van der Waals surface area contributed by atoms with E-state index in [9.17, 15) is 25.2 Å². The summed E-state index contributed by atoms with van der Waals surface area (Å²) in [6.07, 6.45) is 0. The maximum Gasteiger partial charge on any atom is 0.220 e. The number of rotatable bonds is 0. The lowest BCUT2D eigenvalue weighted by Gasteiger charge is -2.04. The highest BCUT2D eigenvalue weighted by Crippen LogP contribution is 2.42. The van der Waals surface area contributed by atoms with Crippen molar-refractivity contribution in [3.8, 4) is 40.2 Å². The number of para-hydroxylation sites is 1. The normalized spacial score (nSPS) is 8.80. The number of hydrogen-bond acceptors (Lipinski definition) is 10. The first-order chi connectivity index (χ1) is 13.7. The smallest absolute Gasteiger partial charge is 0.220 e. The fraction of sp³-hybridized carbons (Fsp3) is 0.0556. The SMILES string of the molecule is C.O.O=c1cccc2cc(O)c(O)c(O)c2c1O.OO.Oc1cccc(O)c1O.[3H][B]. The molecule has 11 nitrogen and oxygen atoms in total. The Balaban J connectivity index is -0.000000451. The molecular formula is C18H23BO11. The Morgan fingerprint density at radius 3 is 1.60 bits per heavy atom. The van der Waals surface area contributed by atoms with Gasteiger partial charge in [0.05, 0.1) is 5.39 Å². The van der Waals surface area contributed by atoms with E-state index in [0.29, 0.717) is 0 Å². The van der Waals surface area contributed by atoms with Gasteiger partial charge in [-0.05, 0) is 31.0 Å². The molecule has 3 rings (SSSR count). The van der Waals surface area contributed by atoms with Crippen LogP contribution >= 0.6 is 0 Å². The van der Waals surface area contributed by atoms with Gasteiger partial charge in [0.1, 0.15) is 0 Å². The van der Waals surface area contributed by atoms with Gasteiger partial charge < -0.3 is 41.2 Å². The lowest BCUT2D eigenvalue weighted by Crippen LogP contribution is -1.93. The van der Waals surface area contributed by atoms with E-state index in [1.54, 1.807) is 0 Å². The van der Waals surface area contributed by atoms with Crippen LogP contribution in [0.15, 0.2) is 47.3 Å². The molecule has 0 atom stereocenters. The summed E-state index contributed by atoms with van der Waals surface area (Å²) in [7, 11) is 3.75. The van der Waals surface area contributed by atoms with Crippen molar-refractivity contribution in [2.24, 2.45) is 0 Å². The van der Waals surface area contributed by atoms with Crippen molar-refractivity contribution in [3.05, 3.63) is 52.7 Å². The molecule has 0 saturated carbocycles. The van der Waals surface area contributed by atoms with Crippen molar-refractivity contribution < 1.29 is 51.7 Å². The van der Waals surface area contributed by atoms with Crippen LogP contribution in [0.3, 0.4) is 0 Å². The zero-order chi connectivity index (χ0) is 22.7. The van der Waals surface area contributed by atoms with Gasteiger partial charge in [-0.2, -0.15) is 0 Å². The highest BCUT2D eigenvalue weighted by Gasteiger charge is 2.14. The van der Waals surface area contributed by atoms with Crippen molar-refractivity contribution in [2.75, 3.05) is 0 Å². The Kier molecular flexibility index (Phi) is 12.6. The Labute approximate surface area is 173 Å². The van der Waals surface area contributed by atoms with Crippen LogP contribution in [0.2, 0.25) is 0 Å². The van der Waals surface area contributed by atoms with Crippen molar-refractivity contribution in [2.45, 2.75) is 7.43 Å². The van der Waals surface area contributed by atoms with Gasteiger partial charge in [-0.25, -0.2) is 0 Å². The van der Waals surface area contributed by atoms with E-state index in [1.807, 2.05) is 0 Å². The molecule has 0 saturated heterocycles. The molecule has 0 fully saturated rings. The third-order valence-electron chi connectivity index (χ3n) is 3.27. The van der Waals surface area contributed by atoms with Gasteiger partial charge in [0.2, 0.25) is 11.2 Å². The molecule has 0 unspecified atom stereocenters. The Morgan fingerprint density at radius 2 is 1.13 bits per heavy atom. The summed E-state index contributed by atoms with van der Waals surface area (Å²) in [4.78, 5) is 11.3. The first-order valence-electron chi connectivity index (χ1n) is 7.61. The van der Waals surface area contributed by atoms with Crippen LogP contribution in [0.25, 0.3) is 10.8 Å². The zero-order valence-electron chi connectivity index (χ0n) is 15.6. The molecule has 11 N–H and O–H groups in total. The number of benzene rings is 2. The fourth-order valence-electron chi connectivity index (χ4n) is 2.01. The number of hydrogen-bond donors (Lipinski definition) is 9. The maximum atomic E-state index is 11.3. The minimum atomic E-state index is -0.770. The third kappa shape index (κ3) is 6.63. The summed E-state index contributed by atoms with van der Waals surface area (Å²) < 4.78 is 5.25. The predicted molar refractivity (Wildman–Crippen MR) is 111 cm³/mol. The second-order valence-corrected chi connectivity index (χ2v) is 4.94. The molecule has 0 amide bonds. The number of fused-ring (bicyclic) bond motifs is 1. The lowest BCUT2D eigenvalue weighted by molar-refractivity contribution is -0.176. The van der Waals surface area contributed by atoms with E-state index >= 15 is 0 Å². The second kappa shape index (κ2) is 13.3. The summed E-state index contributed by atoms with van der Waals surface area (Å²) in [5.41, 5.74) is -0.685. The molecular weight excluding hydrogens is 403 g/mol. The fourth-order valence-corrected chi connectivity index (χ4v) is 2.01. The van der Waals surface area contributed by atoms with Crippen LogP contribution in [-0.4, -0.2) is 61.4 Å². The molecule has 12 heteroatoms. The molecule has 0 heterocycles. The zero-order valence-corrected chi connectivity index (χ0v) is 14.6. The van der Waals surface area contributed by atoms with E-state index in [1.165, 1.54) is 30.3 Å². The van der Waals surface area contributed by atoms with E-state index in [4.69, 9.17) is 27.2 Å².